The Kier molecular flexibility index (Phi) is 17.4. The Balaban J connectivity index is 1.30. The Hall–Kier alpha value is -5.88. The van der Waals surface area contributed by atoms with Crippen molar-refractivity contribution in [1.29, 1.82) is 5.26 Å². The molecule has 5 N–H and O–H groups in total. The summed E-state index contributed by atoms with van der Waals surface area (Å²) in [6.45, 7) is 4.90. The number of benzene rings is 4. The van der Waals surface area contributed by atoms with Crippen LogP contribution >= 0.6 is 23.2 Å². The van der Waals surface area contributed by atoms with Gasteiger partial charge in [0.25, 0.3) is 0 Å². The van der Waals surface area contributed by atoms with Gasteiger partial charge in [-0.2, -0.15) is 5.26 Å². The normalized spacial score (nSPS) is 12.0. The van der Waals surface area contributed by atoms with E-state index in [4.69, 9.17) is 52.4 Å². The first kappa shape index (κ1) is 47.2. The molecule has 0 radical (unpaired) electrons. The van der Waals surface area contributed by atoms with E-state index >= 15 is 0 Å². The fourth-order valence-electron chi connectivity index (χ4n) is 6.86. The summed E-state index contributed by atoms with van der Waals surface area (Å²) in [6, 6.07) is 22.7. The molecular formula is C47H49Cl2N3O10. The van der Waals surface area contributed by atoms with Crippen molar-refractivity contribution < 1.29 is 49.0 Å². The van der Waals surface area contributed by atoms with Crippen LogP contribution in [0.2, 0.25) is 10.0 Å². The van der Waals surface area contributed by atoms with Crippen molar-refractivity contribution in [2.75, 3.05) is 13.7 Å². The van der Waals surface area contributed by atoms with Gasteiger partial charge in [-0.05, 0) is 96.8 Å². The third-order valence-corrected chi connectivity index (χ3v) is 10.8. The number of ether oxygens (including phenoxy) is 4. The fraction of sp³-hybridized carbons (Fsp3) is 0.319. The van der Waals surface area contributed by atoms with Gasteiger partial charge in [0.15, 0.2) is 0 Å². The molecule has 0 spiro atoms. The lowest BCUT2D eigenvalue weighted by Crippen LogP contribution is -2.28. The first-order chi connectivity index (χ1) is 29.8. The molecule has 13 nitrogen and oxygen atoms in total. The highest BCUT2D eigenvalue weighted by Gasteiger charge is 2.18. The number of nitrogens with zero attached hydrogens (tertiary/aromatic N) is 2. The number of aliphatic hydroxyl groups excluding tert-OH is 2. The maximum absolute atomic E-state index is 11.0. The number of hydrogen-bond donors (Lipinski definition) is 5. The van der Waals surface area contributed by atoms with Crippen LogP contribution < -0.4 is 24.3 Å². The average Bonchev–Trinajstić information content (AvgIpc) is 3.23. The number of nitriles is 1. The molecular weight excluding hydrogens is 837 g/mol. The molecule has 0 fully saturated rings. The summed E-state index contributed by atoms with van der Waals surface area (Å²) in [5.74, 6) is -0.0151. The highest BCUT2D eigenvalue weighted by molar-refractivity contribution is 6.32. The highest BCUT2D eigenvalue weighted by atomic mass is 35.5. The number of methoxy groups -OCH3 is 1. The number of nitrogens with one attached hydrogen (secondary N) is 1. The minimum atomic E-state index is -1.08. The smallest absolute Gasteiger partial charge is 0.306 e. The zero-order chi connectivity index (χ0) is 44.8. The molecule has 0 saturated heterocycles. The second-order valence-corrected chi connectivity index (χ2v) is 15.6. The minimum absolute atomic E-state index is 0.0939. The van der Waals surface area contributed by atoms with E-state index in [9.17, 15) is 25.1 Å². The summed E-state index contributed by atoms with van der Waals surface area (Å²) in [4.78, 5) is 26.0. The van der Waals surface area contributed by atoms with E-state index in [0.29, 0.717) is 69.1 Å². The van der Waals surface area contributed by atoms with Gasteiger partial charge in [-0.1, -0.05) is 53.5 Å². The van der Waals surface area contributed by atoms with Crippen molar-refractivity contribution in [1.82, 2.24) is 10.3 Å². The molecule has 5 rings (SSSR count). The number of rotatable bonds is 23. The SMILES string of the molecule is COc1cc(COc2cccc(-c3cccc(COc4cc(OCc5cncc(C#N)c5)c(CCC[C@@H](O)CC(=O)O)cc4Cl)c3C)c2C)c(Cl)cc1CNC[C@@H](O)CC(=O)O. The fourth-order valence-corrected chi connectivity index (χ4v) is 7.35. The van der Waals surface area contributed by atoms with Gasteiger partial charge in [-0.25, -0.2) is 0 Å². The quantitative estimate of drug-likeness (QED) is 0.0419. The Labute approximate surface area is 370 Å². The van der Waals surface area contributed by atoms with Crippen LogP contribution in [0, 0.1) is 25.2 Å². The van der Waals surface area contributed by atoms with Gasteiger partial charge in [0.1, 0.15) is 48.9 Å². The molecule has 0 saturated carbocycles. The van der Waals surface area contributed by atoms with E-state index in [-0.39, 0.29) is 45.6 Å². The third kappa shape index (κ3) is 13.3. The number of halogens is 2. The first-order valence-corrected chi connectivity index (χ1v) is 20.6. The minimum Gasteiger partial charge on any atom is -0.496 e. The molecule has 2 atom stereocenters. The zero-order valence-electron chi connectivity index (χ0n) is 34.6. The maximum Gasteiger partial charge on any atom is 0.306 e. The lowest BCUT2D eigenvalue weighted by atomic mass is 9.93. The first-order valence-electron chi connectivity index (χ1n) is 19.8. The predicted molar refractivity (Wildman–Crippen MR) is 234 cm³/mol. The number of carboxylic acid groups (broad SMARTS) is 2. The summed E-state index contributed by atoms with van der Waals surface area (Å²) in [6.07, 6.45) is 1.62. The van der Waals surface area contributed by atoms with Crippen molar-refractivity contribution >= 4 is 35.1 Å². The Morgan fingerprint density at radius 2 is 1.40 bits per heavy atom. The number of carbonyl (C=O) groups is 2. The number of aromatic nitrogens is 1. The van der Waals surface area contributed by atoms with E-state index in [1.54, 1.807) is 43.6 Å². The number of aryl methyl sites for hydroxylation is 1. The maximum atomic E-state index is 11.0. The third-order valence-electron chi connectivity index (χ3n) is 10.2. The van der Waals surface area contributed by atoms with Crippen LogP contribution in [-0.2, 0) is 42.4 Å². The zero-order valence-corrected chi connectivity index (χ0v) is 36.1. The standard InChI is InChI=1S/C47H49Cl2N3O10/c1-28-33(26-62-45-19-44(60-25-31-13-30(20-50)21-51-22-31)32(14-41(45)49)7-4-9-36(53)17-46(55)56)8-5-10-38(28)39-11-6-12-42(29(39)2)61-27-35-16-43(59-3)34(15-40(35)48)23-52-24-37(54)18-47(57)58/h5-6,8,10-16,19,21-22,36-37,52-54H,4,7,9,17-18,23-27H2,1-3H3,(H,55,56)(H,57,58)/t36-,37+/m1/s1. The molecule has 4 aromatic carbocycles. The van der Waals surface area contributed by atoms with Gasteiger partial charge in [-0.15, -0.1) is 0 Å². The van der Waals surface area contributed by atoms with E-state index < -0.39 is 24.1 Å². The lowest BCUT2D eigenvalue weighted by molar-refractivity contribution is -0.140. The van der Waals surface area contributed by atoms with E-state index in [2.05, 4.69) is 16.4 Å². The molecule has 326 valence electrons. The Morgan fingerprint density at radius 3 is 2.13 bits per heavy atom. The molecule has 5 aromatic rings. The number of aliphatic hydroxyl groups is 2. The second kappa shape index (κ2) is 22.8. The van der Waals surface area contributed by atoms with Gasteiger partial charge in [0.05, 0.1) is 42.7 Å². The molecule has 1 heterocycles. The van der Waals surface area contributed by atoms with Crippen LogP contribution in [-0.4, -0.2) is 63.2 Å². The van der Waals surface area contributed by atoms with Crippen molar-refractivity contribution in [3.05, 3.63) is 134 Å². The summed E-state index contributed by atoms with van der Waals surface area (Å²) < 4.78 is 24.5. The van der Waals surface area contributed by atoms with Crippen LogP contribution in [0.4, 0.5) is 0 Å². The van der Waals surface area contributed by atoms with E-state index in [0.717, 1.165) is 38.9 Å². The summed E-state index contributed by atoms with van der Waals surface area (Å²) in [5, 5.41) is 51.1. The van der Waals surface area contributed by atoms with Crippen molar-refractivity contribution in [2.45, 2.75) is 84.5 Å². The topological polar surface area (TPSA) is 201 Å². The molecule has 15 heteroatoms. The van der Waals surface area contributed by atoms with Gasteiger partial charge < -0.3 is 44.7 Å². The van der Waals surface area contributed by atoms with Crippen LogP contribution in [0.25, 0.3) is 11.1 Å². The van der Waals surface area contributed by atoms with E-state index in [1.165, 1.54) is 6.20 Å². The molecule has 0 unspecified atom stereocenters. The van der Waals surface area contributed by atoms with Crippen molar-refractivity contribution in [2.24, 2.45) is 0 Å². The number of pyridine rings is 1. The second-order valence-electron chi connectivity index (χ2n) is 14.8. The van der Waals surface area contributed by atoms with Gasteiger partial charge in [-0.3, -0.25) is 14.6 Å². The molecule has 1 aromatic heterocycles. The Morgan fingerprint density at radius 1 is 0.742 bits per heavy atom. The molecule has 0 aliphatic rings. The number of carboxylic acids is 2. The summed E-state index contributed by atoms with van der Waals surface area (Å²) in [7, 11) is 1.55. The van der Waals surface area contributed by atoms with Crippen LogP contribution in [0.1, 0.15) is 70.2 Å². The summed E-state index contributed by atoms with van der Waals surface area (Å²) in [5.41, 5.74) is 8.10. The van der Waals surface area contributed by atoms with Crippen LogP contribution in [0.5, 0.6) is 23.0 Å². The predicted octanol–water partition coefficient (Wildman–Crippen LogP) is 8.37. The number of aliphatic carboxylic acids is 2. The molecule has 0 aliphatic carbocycles. The van der Waals surface area contributed by atoms with Crippen LogP contribution in [0.3, 0.4) is 0 Å². The van der Waals surface area contributed by atoms with E-state index in [1.807, 2.05) is 50.2 Å². The van der Waals surface area contributed by atoms with Crippen molar-refractivity contribution in [3.8, 4) is 40.2 Å². The van der Waals surface area contributed by atoms with Crippen LogP contribution in [0.15, 0.2) is 79.1 Å². The average molecular weight is 887 g/mol. The van der Waals surface area contributed by atoms with Crippen molar-refractivity contribution in [3.63, 3.8) is 0 Å². The monoisotopic (exact) mass is 885 g/mol. The summed E-state index contributed by atoms with van der Waals surface area (Å²) >= 11 is 13.5. The molecule has 0 bridgehead atoms. The Bertz CT molecular complexity index is 2400. The van der Waals surface area contributed by atoms with Gasteiger partial charge in [0.2, 0.25) is 0 Å². The molecule has 0 aliphatic heterocycles. The molecule has 62 heavy (non-hydrogen) atoms. The van der Waals surface area contributed by atoms with Gasteiger partial charge in [0, 0.05) is 53.3 Å². The largest absolute Gasteiger partial charge is 0.496 e. The number of hydrogen-bond acceptors (Lipinski definition) is 11. The highest BCUT2D eigenvalue weighted by Crippen LogP contribution is 2.37. The van der Waals surface area contributed by atoms with Gasteiger partial charge >= 0.3 is 11.9 Å². The lowest BCUT2D eigenvalue weighted by Gasteiger charge is -2.19. The molecule has 0 amide bonds.